The maximum Gasteiger partial charge on any atom is 0.204 e. The largest absolute Gasteiger partial charge is 0.487 e. The lowest BCUT2D eigenvalue weighted by Crippen LogP contribution is -2.08. The van der Waals surface area contributed by atoms with Gasteiger partial charge in [0.15, 0.2) is 17.4 Å². The van der Waals surface area contributed by atoms with Crippen molar-refractivity contribution in [3.05, 3.63) is 28.8 Å². The fraction of sp³-hybridized carbons (Fsp3) is 0.500. The van der Waals surface area contributed by atoms with Crippen LogP contribution in [0.1, 0.15) is 32.3 Å². The predicted molar refractivity (Wildman–Crippen MR) is 56.1 cm³/mol. The summed E-state index contributed by atoms with van der Waals surface area (Å²) in [6.45, 7) is 3.30. The van der Waals surface area contributed by atoms with E-state index in [1.807, 2.05) is 6.92 Å². The molecule has 0 bridgehead atoms. The van der Waals surface area contributed by atoms with E-state index in [9.17, 15) is 17.6 Å². The first kappa shape index (κ1) is 13.8. The number of benzene rings is 1. The molecule has 0 spiro atoms. The van der Waals surface area contributed by atoms with E-state index in [1.165, 1.54) is 6.92 Å². The predicted octanol–water partition coefficient (Wildman–Crippen LogP) is 3.98. The van der Waals surface area contributed by atoms with Crippen LogP contribution in [0.25, 0.3) is 0 Å². The fourth-order valence-electron chi connectivity index (χ4n) is 1.41. The summed E-state index contributed by atoms with van der Waals surface area (Å²) in [5.74, 6) is -6.64. The van der Waals surface area contributed by atoms with Crippen LogP contribution in [-0.2, 0) is 6.42 Å². The summed E-state index contributed by atoms with van der Waals surface area (Å²) in [4.78, 5) is 0. The van der Waals surface area contributed by atoms with Crippen molar-refractivity contribution in [2.24, 2.45) is 0 Å². The molecule has 0 saturated carbocycles. The molecule has 17 heavy (non-hydrogen) atoms. The van der Waals surface area contributed by atoms with Gasteiger partial charge in [-0.05, 0) is 12.8 Å². The molecule has 1 aromatic carbocycles. The molecule has 1 rings (SSSR count). The van der Waals surface area contributed by atoms with Crippen LogP contribution in [0, 0.1) is 23.3 Å². The molecule has 0 amide bonds. The van der Waals surface area contributed by atoms with E-state index in [4.69, 9.17) is 4.74 Å². The highest BCUT2D eigenvalue weighted by Crippen LogP contribution is 2.30. The fourth-order valence-corrected chi connectivity index (χ4v) is 1.41. The molecular weight excluding hydrogens is 236 g/mol. The zero-order valence-electron chi connectivity index (χ0n) is 9.75. The zero-order valence-corrected chi connectivity index (χ0v) is 9.75. The number of ether oxygens (including phenoxy) is 1. The maximum atomic E-state index is 13.4. The van der Waals surface area contributed by atoms with Gasteiger partial charge in [0.2, 0.25) is 11.6 Å². The smallest absolute Gasteiger partial charge is 0.204 e. The second-order valence-corrected chi connectivity index (χ2v) is 3.62. The molecule has 0 heterocycles. The molecule has 0 aliphatic heterocycles. The Hall–Kier alpha value is -1.26. The Labute approximate surface area is 97.4 Å². The number of unbranched alkanes of at least 4 members (excludes halogenated alkanes) is 1. The Morgan fingerprint density at radius 2 is 1.41 bits per heavy atom. The molecule has 0 aliphatic rings. The van der Waals surface area contributed by atoms with Crippen molar-refractivity contribution in [1.82, 2.24) is 0 Å². The molecule has 0 fully saturated rings. The molecule has 0 saturated heterocycles. The highest BCUT2D eigenvalue weighted by Gasteiger charge is 2.25. The second-order valence-electron chi connectivity index (χ2n) is 3.62. The van der Waals surface area contributed by atoms with E-state index in [-0.39, 0.29) is 13.0 Å². The first-order valence-electron chi connectivity index (χ1n) is 5.52. The van der Waals surface area contributed by atoms with Gasteiger partial charge < -0.3 is 4.74 Å². The normalized spacial score (nSPS) is 10.7. The first-order valence-corrected chi connectivity index (χ1v) is 5.52. The van der Waals surface area contributed by atoms with Gasteiger partial charge in [-0.1, -0.05) is 20.3 Å². The Kier molecular flexibility index (Phi) is 4.78. The van der Waals surface area contributed by atoms with E-state index in [0.29, 0.717) is 6.42 Å². The van der Waals surface area contributed by atoms with Gasteiger partial charge in [0, 0.05) is 5.56 Å². The summed E-state index contributed by atoms with van der Waals surface area (Å²) < 4.78 is 58.3. The lowest BCUT2D eigenvalue weighted by Gasteiger charge is -2.11. The van der Waals surface area contributed by atoms with Crippen molar-refractivity contribution < 1.29 is 22.3 Å². The highest BCUT2D eigenvalue weighted by molar-refractivity contribution is 5.34. The molecule has 1 aromatic rings. The van der Waals surface area contributed by atoms with Crippen LogP contribution >= 0.6 is 0 Å². The monoisotopic (exact) mass is 250 g/mol. The number of hydrogen-bond donors (Lipinski definition) is 0. The zero-order chi connectivity index (χ0) is 13.0. The van der Waals surface area contributed by atoms with Crippen LogP contribution in [0.4, 0.5) is 17.6 Å². The van der Waals surface area contributed by atoms with Crippen molar-refractivity contribution in [2.45, 2.75) is 33.1 Å². The average molecular weight is 250 g/mol. The summed E-state index contributed by atoms with van der Waals surface area (Å²) in [6, 6.07) is 0. The molecule has 0 unspecified atom stereocenters. The van der Waals surface area contributed by atoms with Gasteiger partial charge in [-0.25, -0.2) is 8.78 Å². The molecule has 0 aliphatic carbocycles. The van der Waals surface area contributed by atoms with Gasteiger partial charge in [0.05, 0.1) is 6.61 Å². The van der Waals surface area contributed by atoms with Crippen LogP contribution in [0.2, 0.25) is 0 Å². The highest BCUT2D eigenvalue weighted by atomic mass is 19.2. The summed E-state index contributed by atoms with van der Waals surface area (Å²) in [7, 11) is 0. The van der Waals surface area contributed by atoms with Crippen LogP contribution in [0.5, 0.6) is 5.75 Å². The van der Waals surface area contributed by atoms with E-state index in [0.717, 1.165) is 6.42 Å². The average Bonchev–Trinajstić information content (AvgIpc) is 2.32. The minimum Gasteiger partial charge on any atom is -0.487 e. The van der Waals surface area contributed by atoms with Crippen molar-refractivity contribution >= 4 is 0 Å². The van der Waals surface area contributed by atoms with E-state index in [1.54, 1.807) is 0 Å². The third-order valence-electron chi connectivity index (χ3n) is 2.41. The van der Waals surface area contributed by atoms with Gasteiger partial charge in [-0.2, -0.15) is 8.78 Å². The van der Waals surface area contributed by atoms with Gasteiger partial charge in [-0.3, -0.25) is 0 Å². The minimum atomic E-state index is -1.46. The lowest BCUT2D eigenvalue weighted by atomic mass is 10.1. The molecule has 0 atom stereocenters. The molecule has 0 radical (unpaired) electrons. The quantitative estimate of drug-likeness (QED) is 0.436. The number of halogens is 4. The molecule has 5 heteroatoms. The summed E-state index contributed by atoms with van der Waals surface area (Å²) in [5.41, 5.74) is -0.595. The minimum absolute atomic E-state index is 0.0225. The Morgan fingerprint density at radius 3 is 1.82 bits per heavy atom. The van der Waals surface area contributed by atoms with Crippen LogP contribution in [-0.4, -0.2) is 6.61 Å². The van der Waals surface area contributed by atoms with Gasteiger partial charge in [0.1, 0.15) is 0 Å². The van der Waals surface area contributed by atoms with Gasteiger partial charge in [0.25, 0.3) is 0 Å². The maximum absolute atomic E-state index is 13.4. The topological polar surface area (TPSA) is 9.23 Å². The van der Waals surface area contributed by atoms with E-state index < -0.39 is 34.6 Å². The SMILES string of the molecule is CCCCOc1c(F)c(F)c(CC)c(F)c1F. The third kappa shape index (κ3) is 2.70. The van der Waals surface area contributed by atoms with E-state index >= 15 is 0 Å². The summed E-state index contributed by atoms with van der Waals surface area (Å²) in [6.07, 6.45) is 1.18. The lowest BCUT2D eigenvalue weighted by molar-refractivity contribution is 0.265. The molecule has 0 N–H and O–H groups in total. The first-order chi connectivity index (χ1) is 8.04. The van der Waals surface area contributed by atoms with Crippen molar-refractivity contribution in [3.63, 3.8) is 0 Å². The Balaban J connectivity index is 3.13. The van der Waals surface area contributed by atoms with Crippen LogP contribution < -0.4 is 4.74 Å². The second kappa shape index (κ2) is 5.89. The standard InChI is InChI=1S/C12H14F4O/c1-3-5-6-17-12-10(15)8(13)7(4-2)9(14)11(12)16/h3-6H2,1-2H3. The Bertz CT molecular complexity index is 375. The van der Waals surface area contributed by atoms with Crippen LogP contribution in [0.3, 0.4) is 0 Å². The third-order valence-corrected chi connectivity index (χ3v) is 2.41. The van der Waals surface area contributed by atoms with Gasteiger partial charge in [-0.15, -0.1) is 0 Å². The molecule has 1 nitrogen and oxygen atoms in total. The van der Waals surface area contributed by atoms with Gasteiger partial charge >= 0.3 is 0 Å². The van der Waals surface area contributed by atoms with Crippen molar-refractivity contribution in [2.75, 3.05) is 6.61 Å². The molecule has 96 valence electrons. The van der Waals surface area contributed by atoms with Crippen molar-refractivity contribution in [3.8, 4) is 5.75 Å². The van der Waals surface area contributed by atoms with E-state index in [2.05, 4.69) is 0 Å². The molecule has 0 aromatic heterocycles. The number of hydrogen-bond acceptors (Lipinski definition) is 1. The van der Waals surface area contributed by atoms with Crippen LogP contribution in [0.15, 0.2) is 0 Å². The summed E-state index contributed by atoms with van der Waals surface area (Å²) >= 11 is 0. The number of rotatable bonds is 5. The van der Waals surface area contributed by atoms with Crippen molar-refractivity contribution in [1.29, 1.82) is 0 Å². The molecular formula is C12H14F4O. The Morgan fingerprint density at radius 1 is 0.882 bits per heavy atom. The summed E-state index contributed by atoms with van der Waals surface area (Å²) in [5, 5.41) is 0.